The van der Waals surface area contributed by atoms with Gasteiger partial charge in [0.2, 0.25) is 0 Å². The molecule has 1 aromatic carbocycles. The number of phenolic OH excluding ortho intramolecular Hbond substituents is 1. The summed E-state index contributed by atoms with van der Waals surface area (Å²) >= 11 is 0. The average molecular weight is 275 g/mol. The van der Waals surface area contributed by atoms with Crippen molar-refractivity contribution in [3.63, 3.8) is 0 Å². The first-order chi connectivity index (χ1) is 9.61. The van der Waals surface area contributed by atoms with Crippen LogP contribution in [-0.2, 0) is 13.2 Å². The summed E-state index contributed by atoms with van der Waals surface area (Å²) < 4.78 is 0. The van der Waals surface area contributed by atoms with Crippen LogP contribution in [0.2, 0.25) is 0 Å². The lowest BCUT2D eigenvalue weighted by molar-refractivity contribution is -0.384. The molecule has 0 radical (unpaired) electrons. The van der Waals surface area contributed by atoms with Gasteiger partial charge in [0.05, 0.1) is 23.4 Å². The van der Waals surface area contributed by atoms with Crippen LogP contribution in [0.4, 0.5) is 11.4 Å². The number of aliphatic hydroxyl groups is 1. The SMILES string of the molecule is O=[N+]([O-])c1ccc(O)c(CNc2cnccc2CO)c1. The third kappa shape index (κ3) is 3.01. The zero-order chi connectivity index (χ0) is 14.5. The summed E-state index contributed by atoms with van der Waals surface area (Å²) in [6.45, 7) is 0.0397. The van der Waals surface area contributed by atoms with Crippen LogP contribution in [0.1, 0.15) is 11.1 Å². The van der Waals surface area contributed by atoms with Crippen molar-refractivity contribution in [2.45, 2.75) is 13.2 Å². The van der Waals surface area contributed by atoms with E-state index < -0.39 is 4.92 Å². The van der Waals surface area contributed by atoms with Gasteiger partial charge in [0.25, 0.3) is 5.69 Å². The van der Waals surface area contributed by atoms with E-state index in [1.54, 1.807) is 18.5 Å². The number of aromatic hydroxyl groups is 1. The number of aromatic nitrogens is 1. The second-order valence-electron chi connectivity index (χ2n) is 4.11. The number of aliphatic hydroxyl groups excluding tert-OH is 1. The van der Waals surface area contributed by atoms with Gasteiger partial charge in [0.1, 0.15) is 5.75 Å². The Morgan fingerprint density at radius 3 is 2.80 bits per heavy atom. The Morgan fingerprint density at radius 1 is 1.30 bits per heavy atom. The number of nitrogens with zero attached hydrogens (tertiary/aromatic N) is 2. The molecule has 2 aromatic rings. The molecule has 0 fully saturated rings. The first-order valence-electron chi connectivity index (χ1n) is 5.85. The number of benzene rings is 1. The quantitative estimate of drug-likeness (QED) is 0.567. The molecule has 0 saturated carbocycles. The molecule has 0 atom stereocenters. The first-order valence-corrected chi connectivity index (χ1v) is 5.85. The van der Waals surface area contributed by atoms with Crippen LogP contribution in [0.15, 0.2) is 36.7 Å². The van der Waals surface area contributed by atoms with Gasteiger partial charge in [-0.15, -0.1) is 0 Å². The minimum atomic E-state index is -0.522. The fraction of sp³-hybridized carbons (Fsp3) is 0.154. The number of nitro groups is 1. The van der Waals surface area contributed by atoms with E-state index in [-0.39, 0.29) is 24.6 Å². The Morgan fingerprint density at radius 2 is 2.10 bits per heavy atom. The van der Waals surface area contributed by atoms with Crippen molar-refractivity contribution < 1.29 is 15.1 Å². The van der Waals surface area contributed by atoms with Crippen molar-refractivity contribution >= 4 is 11.4 Å². The van der Waals surface area contributed by atoms with Crippen LogP contribution in [-0.4, -0.2) is 20.1 Å². The summed E-state index contributed by atoms with van der Waals surface area (Å²) in [6, 6.07) is 5.49. The Kier molecular flexibility index (Phi) is 4.11. The number of nitrogens with one attached hydrogen (secondary N) is 1. The second kappa shape index (κ2) is 5.98. The molecule has 20 heavy (non-hydrogen) atoms. The monoisotopic (exact) mass is 275 g/mol. The Hall–Kier alpha value is -2.67. The van der Waals surface area contributed by atoms with Gasteiger partial charge in [-0.25, -0.2) is 0 Å². The van der Waals surface area contributed by atoms with Crippen LogP contribution >= 0.6 is 0 Å². The van der Waals surface area contributed by atoms with Gasteiger partial charge < -0.3 is 15.5 Å². The molecule has 0 bridgehead atoms. The predicted molar refractivity (Wildman–Crippen MR) is 72.2 cm³/mol. The van der Waals surface area contributed by atoms with Crippen molar-refractivity contribution in [1.82, 2.24) is 4.98 Å². The van der Waals surface area contributed by atoms with Crippen LogP contribution in [0.5, 0.6) is 5.75 Å². The number of non-ortho nitro benzene ring substituents is 1. The van der Waals surface area contributed by atoms with Crippen LogP contribution in [0, 0.1) is 10.1 Å². The highest BCUT2D eigenvalue weighted by Gasteiger charge is 2.10. The lowest BCUT2D eigenvalue weighted by Gasteiger charge is -2.10. The minimum Gasteiger partial charge on any atom is -0.508 e. The lowest BCUT2D eigenvalue weighted by atomic mass is 10.1. The number of hydrogen-bond acceptors (Lipinski definition) is 6. The van der Waals surface area contributed by atoms with E-state index in [4.69, 9.17) is 0 Å². The largest absolute Gasteiger partial charge is 0.508 e. The standard InChI is InChI=1S/C13H13N3O4/c17-8-9-3-4-14-7-12(9)15-6-10-5-11(16(19)20)1-2-13(10)18/h1-5,7,15,17-18H,6,8H2. The van der Waals surface area contributed by atoms with Crippen LogP contribution in [0.3, 0.4) is 0 Å². The molecule has 0 aliphatic rings. The Bertz CT molecular complexity index is 631. The normalized spacial score (nSPS) is 10.2. The van der Waals surface area contributed by atoms with E-state index in [2.05, 4.69) is 10.3 Å². The molecule has 0 unspecified atom stereocenters. The molecule has 7 nitrogen and oxygen atoms in total. The van der Waals surface area contributed by atoms with Crippen molar-refractivity contribution in [2.24, 2.45) is 0 Å². The first kappa shape index (κ1) is 13.8. The molecule has 0 aliphatic carbocycles. The molecular formula is C13H13N3O4. The molecule has 7 heteroatoms. The molecule has 1 aromatic heterocycles. The molecule has 1 heterocycles. The summed E-state index contributed by atoms with van der Waals surface area (Å²) in [7, 11) is 0. The van der Waals surface area contributed by atoms with Gasteiger partial charge in [0.15, 0.2) is 0 Å². The summed E-state index contributed by atoms with van der Waals surface area (Å²) in [5, 5.41) is 32.6. The predicted octanol–water partition coefficient (Wildman–Crippen LogP) is 1.80. The molecule has 0 spiro atoms. The van der Waals surface area contributed by atoms with Crippen molar-refractivity contribution in [2.75, 3.05) is 5.32 Å². The van der Waals surface area contributed by atoms with E-state index in [0.717, 1.165) is 0 Å². The highest BCUT2D eigenvalue weighted by molar-refractivity contribution is 5.51. The van der Waals surface area contributed by atoms with E-state index in [1.165, 1.54) is 18.2 Å². The maximum Gasteiger partial charge on any atom is 0.270 e. The van der Waals surface area contributed by atoms with Gasteiger partial charge >= 0.3 is 0 Å². The average Bonchev–Trinajstić information content (AvgIpc) is 2.46. The van der Waals surface area contributed by atoms with Crippen molar-refractivity contribution in [1.29, 1.82) is 0 Å². The van der Waals surface area contributed by atoms with Crippen LogP contribution in [0.25, 0.3) is 0 Å². The second-order valence-corrected chi connectivity index (χ2v) is 4.11. The third-order valence-electron chi connectivity index (χ3n) is 2.82. The number of phenols is 1. The summed E-state index contributed by atoms with van der Waals surface area (Å²) in [4.78, 5) is 14.1. The topological polar surface area (TPSA) is 109 Å². The molecule has 104 valence electrons. The zero-order valence-corrected chi connectivity index (χ0v) is 10.5. The number of pyridine rings is 1. The fourth-order valence-corrected chi connectivity index (χ4v) is 1.74. The highest BCUT2D eigenvalue weighted by atomic mass is 16.6. The lowest BCUT2D eigenvalue weighted by Crippen LogP contribution is -2.04. The molecular weight excluding hydrogens is 262 g/mol. The summed E-state index contributed by atoms with van der Waals surface area (Å²) in [6.07, 6.45) is 3.10. The molecule has 0 amide bonds. The van der Waals surface area contributed by atoms with Gasteiger partial charge in [0, 0.05) is 36.0 Å². The molecule has 0 aliphatic heterocycles. The van der Waals surface area contributed by atoms with Gasteiger partial charge in [-0.1, -0.05) is 0 Å². The smallest absolute Gasteiger partial charge is 0.270 e. The number of anilines is 1. The maximum absolute atomic E-state index is 10.7. The Balaban J connectivity index is 2.18. The maximum atomic E-state index is 10.7. The van der Waals surface area contributed by atoms with Crippen LogP contribution < -0.4 is 5.32 Å². The number of nitro benzene ring substituents is 1. The highest BCUT2D eigenvalue weighted by Crippen LogP contribution is 2.24. The molecule has 2 rings (SSSR count). The summed E-state index contributed by atoms with van der Waals surface area (Å²) in [5.41, 5.74) is 1.57. The van der Waals surface area contributed by atoms with Gasteiger partial charge in [-0.2, -0.15) is 0 Å². The number of hydrogen-bond donors (Lipinski definition) is 3. The van der Waals surface area contributed by atoms with E-state index >= 15 is 0 Å². The Labute approximate surface area is 114 Å². The summed E-state index contributed by atoms with van der Waals surface area (Å²) in [5.74, 6) is -0.0301. The molecule has 3 N–H and O–H groups in total. The fourth-order valence-electron chi connectivity index (χ4n) is 1.74. The minimum absolute atomic E-state index is 0.0301. The third-order valence-corrected chi connectivity index (χ3v) is 2.82. The van der Waals surface area contributed by atoms with Gasteiger partial charge in [-0.3, -0.25) is 15.1 Å². The molecule has 0 saturated heterocycles. The van der Waals surface area contributed by atoms with Crippen molar-refractivity contribution in [3.05, 3.63) is 57.9 Å². The van der Waals surface area contributed by atoms with E-state index in [9.17, 15) is 20.3 Å². The van der Waals surface area contributed by atoms with E-state index in [1.807, 2.05) is 0 Å². The van der Waals surface area contributed by atoms with E-state index in [0.29, 0.717) is 16.8 Å². The van der Waals surface area contributed by atoms with Gasteiger partial charge in [-0.05, 0) is 12.1 Å². The number of rotatable bonds is 5. The zero-order valence-electron chi connectivity index (χ0n) is 10.5. The van der Waals surface area contributed by atoms with Crippen molar-refractivity contribution in [3.8, 4) is 5.75 Å².